The SMILES string of the molecule is CCOP(C)(=O)Cc1ccc(Nc2ncc(C(F)(F)F)c(Nc3ccc(-c4cnn(C)c4)c4c3C(=O)N(C)C4)n2)cc1. The van der Waals surface area contributed by atoms with Crippen LogP contribution in [-0.4, -0.2) is 50.9 Å². The van der Waals surface area contributed by atoms with Crippen molar-refractivity contribution in [3.8, 4) is 11.1 Å². The molecule has 2 N–H and O–H groups in total. The number of fused-ring (bicyclic) bond motifs is 1. The van der Waals surface area contributed by atoms with Crippen molar-refractivity contribution >= 4 is 36.4 Å². The number of amides is 1. The second kappa shape index (κ2) is 11.2. The molecule has 220 valence electrons. The second-order valence-electron chi connectivity index (χ2n) is 10.1. The average molecular weight is 600 g/mol. The molecule has 1 unspecified atom stereocenters. The molecule has 1 atom stereocenters. The molecule has 10 nitrogen and oxygen atoms in total. The van der Waals surface area contributed by atoms with Gasteiger partial charge in [0.05, 0.1) is 24.1 Å². The number of carbonyl (C=O) groups is 1. The fourth-order valence-corrected chi connectivity index (χ4v) is 6.35. The van der Waals surface area contributed by atoms with Gasteiger partial charge in [0.2, 0.25) is 13.3 Å². The Morgan fingerprint density at radius 2 is 1.81 bits per heavy atom. The summed E-state index contributed by atoms with van der Waals surface area (Å²) in [5, 5.41) is 9.87. The largest absolute Gasteiger partial charge is 0.421 e. The minimum absolute atomic E-state index is 0.0826. The summed E-state index contributed by atoms with van der Waals surface area (Å²) in [6.45, 7) is 3.99. The zero-order chi connectivity index (χ0) is 30.2. The minimum atomic E-state index is -4.75. The maximum Gasteiger partial charge on any atom is 0.421 e. The number of aryl methyl sites for hydroxylation is 1. The molecule has 1 amide bonds. The van der Waals surface area contributed by atoms with E-state index < -0.39 is 24.9 Å². The predicted molar refractivity (Wildman–Crippen MR) is 153 cm³/mol. The number of anilines is 4. The predicted octanol–water partition coefficient (Wildman–Crippen LogP) is 6.41. The molecule has 3 heterocycles. The van der Waals surface area contributed by atoms with E-state index in [-0.39, 0.29) is 29.3 Å². The summed E-state index contributed by atoms with van der Waals surface area (Å²) in [5.74, 6) is -0.903. The normalized spacial score (nSPS) is 14.5. The van der Waals surface area contributed by atoms with Crippen LogP contribution in [0.15, 0.2) is 55.0 Å². The van der Waals surface area contributed by atoms with Crippen molar-refractivity contribution in [3.63, 3.8) is 0 Å². The number of aromatic nitrogens is 4. The van der Waals surface area contributed by atoms with E-state index in [0.717, 1.165) is 16.7 Å². The van der Waals surface area contributed by atoms with Crippen molar-refractivity contribution in [2.45, 2.75) is 25.8 Å². The summed E-state index contributed by atoms with van der Waals surface area (Å²) < 4.78 is 61.4. The molecular formula is C28H29F3N7O3P. The zero-order valence-corrected chi connectivity index (χ0v) is 24.3. The molecule has 1 aliphatic heterocycles. The molecule has 0 saturated heterocycles. The van der Waals surface area contributed by atoms with Gasteiger partial charge in [-0.2, -0.15) is 23.3 Å². The zero-order valence-electron chi connectivity index (χ0n) is 23.4. The van der Waals surface area contributed by atoms with Crippen LogP contribution in [0.2, 0.25) is 0 Å². The van der Waals surface area contributed by atoms with Crippen LogP contribution in [0.4, 0.5) is 36.3 Å². The number of carbonyl (C=O) groups excluding carboxylic acids is 1. The molecule has 5 rings (SSSR count). The highest BCUT2D eigenvalue weighted by molar-refractivity contribution is 7.57. The van der Waals surface area contributed by atoms with Gasteiger partial charge in [-0.15, -0.1) is 0 Å². The van der Waals surface area contributed by atoms with Crippen LogP contribution in [0.5, 0.6) is 0 Å². The first kappa shape index (κ1) is 29.3. The Morgan fingerprint density at radius 3 is 2.45 bits per heavy atom. The van der Waals surface area contributed by atoms with E-state index in [1.54, 1.807) is 75.0 Å². The highest BCUT2D eigenvalue weighted by Crippen LogP contribution is 2.46. The third kappa shape index (κ3) is 6.17. The van der Waals surface area contributed by atoms with Crippen LogP contribution in [0.3, 0.4) is 0 Å². The lowest BCUT2D eigenvalue weighted by molar-refractivity contribution is -0.137. The lowest BCUT2D eigenvalue weighted by Gasteiger charge is -2.17. The van der Waals surface area contributed by atoms with Crippen molar-refractivity contribution in [1.82, 2.24) is 24.6 Å². The van der Waals surface area contributed by atoms with Crippen molar-refractivity contribution in [2.75, 3.05) is 31.0 Å². The summed E-state index contributed by atoms with van der Waals surface area (Å²) in [6.07, 6.45) is -0.329. The summed E-state index contributed by atoms with van der Waals surface area (Å²) >= 11 is 0. The highest BCUT2D eigenvalue weighted by atomic mass is 31.2. The van der Waals surface area contributed by atoms with Gasteiger partial charge >= 0.3 is 6.18 Å². The lowest BCUT2D eigenvalue weighted by Crippen LogP contribution is -2.18. The lowest BCUT2D eigenvalue weighted by atomic mass is 9.97. The monoisotopic (exact) mass is 599 g/mol. The molecule has 2 aromatic carbocycles. The van der Waals surface area contributed by atoms with E-state index in [1.165, 1.54) is 4.90 Å². The maximum atomic E-state index is 14.0. The molecule has 0 saturated carbocycles. The molecule has 0 bridgehead atoms. The molecular weight excluding hydrogens is 570 g/mol. The van der Waals surface area contributed by atoms with Gasteiger partial charge in [-0.25, -0.2) is 4.98 Å². The standard InChI is InChI=1S/C28H29F3N7O3P/c1-5-41-42(4,40)16-17-6-8-19(9-7-17)34-27-32-13-22(28(29,30)31)25(36-27)35-23-11-10-20(18-12-33-38(3)14-18)21-15-37(2)26(39)24(21)23/h6-14H,5,15-16H2,1-4H3,(H2,32,34,35,36). The van der Waals surface area contributed by atoms with Gasteiger partial charge in [0.25, 0.3) is 5.91 Å². The van der Waals surface area contributed by atoms with Gasteiger partial charge in [-0.3, -0.25) is 14.0 Å². The number of nitrogens with zero attached hydrogens (tertiary/aromatic N) is 5. The summed E-state index contributed by atoms with van der Waals surface area (Å²) in [5.41, 5.74) is 2.94. The van der Waals surface area contributed by atoms with Gasteiger partial charge in [0.15, 0.2) is 0 Å². The third-order valence-corrected chi connectivity index (χ3v) is 8.46. The van der Waals surface area contributed by atoms with Crippen LogP contribution in [-0.2, 0) is 35.0 Å². The van der Waals surface area contributed by atoms with Crippen molar-refractivity contribution in [2.24, 2.45) is 7.05 Å². The van der Waals surface area contributed by atoms with E-state index in [9.17, 15) is 22.5 Å². The smallest absolute Gasteiger partial charge is 0.339 e. The minimum Gasteiger partial charge on any atom is -0.339 e. The molecule has 0 radical (unpaired) electrons. The Morgan fingerprint density at radius 1 is 1.07 bits per heavy atom. The van der Waals surface area contributed by atoms with Gasteiger partial charge in [-0.05, 0) is 41.8 Å². The Balaban J connectivity index is 1.46. The van der Waals surface area contributed by atoms with E-state index in [1.807, 2.05) is 6.20 Å². The Labute approximate surface area is 240 Å². The molecule has 1 aliphatic rings. The molecule has 14 heteroatoms. The van der Waals surface area contributed by atoms with E-state index in [2.05, 4.69) is 25.7 Å². The number of hydrogen-bond acceptors (Lipinski definition) is 8. The quantitative estimate of drug-likeness (QED) is 0.212. The van der Waals surface area contributed by atoms with Crippen molar-refractivity contribution in [1.29, 1.82) is 0 Å². The second-order valence-corrected chi connectivity index (χ2v) is 12.7. The molecule has 0 fully saturated rings. The number of alkyl halides is 3. The van der Waals surface area contributed by atoms with E-state index in [4.69, 9.17) is 4.52 Å². The topological polar surface area (TPSA) is 114 Å². The van der Waals surface area contributed by atoms with E-state index >= 15 is 0 Å². The van der Waals surface area contributed by atoms with Gasteiger partial charge < -0.3 is 20.1 Å². The van der Waals surface area contributed by atoms with Crippen LogP contribution in [0, 0.1) is 0 Å². The van der Waals surface area contributed by atoms with Gasteiger partial charge in [0, 0.05) is 57.1 Å². The first-order chi connectivity index (χ1) is 19.8. The number of hydrogen-bond donors (Lipinski definition) is 2. The summed E-state index contributed by atoms with van der Waals surface area (Å²) in [7, 11) is 0.625. The van der Waals surface area contributed by atoms with Crippen molar-refractivity contribution < 1.29 is 27.1 Å². The average Bonchev–Trinajstić information content (AvgIpc) is 3.47. The maximum absolute atomic E-state index is 14.0. The first-order valence-corrected chi connectivity index (χ1v) is 15.3. The Kier molecular flexibility index (Phi) is 7.82. The Bertz CT molecular complexity index is 1690. The third-order valence-electron chi connectivity index (χ3n) is 6.71. The highest BCUT2D eigenvalue weighted by Gasteiger charge is 2.37. The summed E-state index contributed by atoms with van der Waals surface area (Å²) in [6, 6.07) is 10.2. The first-order valence-electron chi connectivity index (χ1n) is 13.0. The fourth-order valence-electron chi connectivity index (χ4n) is 4.84. The number of rotatable bonds is 9. The molecule has 0 aliphatic carbocycles. The molecule has 0 spiro atoms. The van der Waals surface area contributed by atoms with Crippen molar-refractivity contribution in [3.05, 3.63) is 77.2 Å². The fraction of sp³-hybridized carbons (Fsp3) is 0.286. The van der Waals surface area contributed by atoms with E-state index in [0.29, 0.717) is 30.6 Å². The van der Waals surface area contributed by atoms with Gasteiger partial charge in [0.1, 0.15) is 11.4 Å². The summed E-state index contributed by atoms with van der Waals surface area (Å²) in [4.78, 5) is 22.6. The Hall–Kier alpha value is -4.22. The van der Waals surface area contributed by atoms with Crippen LogP contribution in [0.25, 0.3) is 11.1 Å². The molecule has 2 aromatic heterocycles. The van der Waals surface area contributed by atoms with Crippen LogP contribution in [0.1, 0.15) is 34.0 Å². The molecule has 4 aromatic rings. The number of halogens is 3. The van der Waals surface area contributed by atoms with Crippen LogP contribution >= 0.6 is 7.37 Å². The van der Waals surface area contributed by atoms with Crippen LogP contribution < -0.4 is 10.6 Å². The molecule has 42 heavy (non-hydrogen) atoms. The number of nitrogens with one attached hydrogen (secondary N) is 2. The van der Waals surface area contributed by atoms with Gasteiger partial charge in [-0.1, -0.05) is 18.2 Å². The number of benzene rings is 2.